The molecular formula is C23H26N6O2. The number of primary amides is 1. The van der Waals surface area contributed by atoms with Gasteiger partial charge in [-0.25, -0.2) is 4.98 Å². The number of nitrogens with one attached hydrogen (secondary N) is 2. The predicted octanol–water partition coefficient (Wildman–Crippen LogP) is 3.37. The molecule has 2 aromatic carbocycles. The van der Waals surface area contributed by atoms with Crippen LogP contribution in [0, 0.1) is 0 Å². The van der Waals surface area contributed by atoms with E-state index >= 15 is 0 Å². The Balaban J connectivity index is 1.61. The Labute approximate surface area is 180 Å². The minimum Gasteiger partial charge on any atom is -0.508 e. The fourth-order valence-corrected chi connectivity index (χ4v) is 3.83. The largest absolute Gasteiger partial charge is 0.508 e. The zero-order valence-corrected chi connectivity index (χ0v) is 17.1. The van der Waals surface area contributed by atoms with E-state index in [4.69, 9.17) is 11.5 Å². The number of phenols is 1. The zero-order valence-electron chi connectivity index (χ0n) is 17.1. The maximum Gasteiger partial charge on any atom is 0.254 e. The van der Waals surface area contributed by atoms with E-state index in [1.165, 1.54) is 6.20 Å². The van der Waals surface area contributed by atoms with Gasteiger partial charge in [-0.2, -0.15) is 4.98 Å². The van der Waals surface area contributed by atoms with Crippen molar-refractivity contribution in [2.45, 2.75) is 37.8 Å². The summed E-state index contributed by atoms with van der Waals surface area (Å²) in [4.78, 5) is 20.7. The van der Waals surface area contributed by atoms with Gasteiger partial charge in [0.05, 0.1) is 0 Å². The maximum absolute atomic E-state index is 11.9. The van der Waals surface area contributed by atoms with Crippen LogP contribution < -0.4 is 22.1 Å². The summed E-state index contributed by atoms with van der Waals surface area (Å²) in [5, 5.41) is 16.2. The molecule has 160 valence electrons. The third-order valence-electron chi connectivity index (χ3n) is 5.49. The summed E-state index contributed by atoms with van der Waals surface area (Å²) in [6.07, 6.45) is 5.58. The van der Waals surface area contributed by atoms with E-state index < -0.39 is 5.91 Å². The van der Waals surface area contributed by atoms with Crippen LogP contribution >= 0.6 is 0 Å². The fraction of sp³-hybridized carbons (Fsp3) is 0.261. The number of aromatic nitrogens is 2. The average molecular weight is 419 g/mol. The van der Waals surface area contributed by atoms with Crippen molar-refractivity contribution in [3.8, 4) is 16.9 Å². The fourth-order valence-electron chi connectivity index (χ4n) is 3.83. The van der Waals surface area contributed by atoms with Crippen LogP contribution in [0.25, 0.3) is 11.1 Å². The van der Waals surface area contributed by atoms with Crippen LogP contribution in [-0.4, -0.2) is 33.1 Å². The van der Waals surface area contributed by atoms with Crippen LogP contribution in [0.2, 0.25) is 0 Å². The lowest BCUT2D eigenvalue weighted by atomic mass is 9.91. The van der Waals surface area contributed by atoms with Crippen LogP contribution in [0.5, 0.6) is 5.75 Å². The summed E-state index contributed by atoms with van der Waals surface area (Å²) in [5.41, 5.74) is 14.5. The molecule has 0 bridgehead atoms. The number of carbonyl (C=O) groups is 1. The maximum atomic E-state index is 11.9. The lowest BCUT2D eigenvalue weighted by molar-refractivity contribution is 0.100. The van der Waals surface area contributed by atoms with E-state index in [-0.39, 0.29) is 23.4 Å². The predicted molar refractivity (Wildman–Crippen MR) is 121 cm³/mol. The van der Waals surface area contributed by atoms with Crippen molar-refractivity contribution in [2.75, 3.05) is 10.6 Å². The first-order valence-electron chi connectivity index (χ1n) is 10.3. The molecule has 0 radical (unpaired) electrons. The van der Waals surface area contributed by atoms with Gasteiger partial charge in [0.25, 0.3) is 5.91 Å². The molecular weight excluding hydrogens is 392 g/mol. The van der Waals surface area contributed by atoms with Gasteiger partial charge in [0.15, 0.2) is 0 Å². The first kappa shape index (κ1) is 20.6. The standard InChI is InChI=1S/C23H26N6O2/c24-19-9-1-2-10-20(19)28-23-26-13-18(21(25)31)22(29-23)27-16-7-3-5-14(11-16)15-6-4-8-17(30)12-15/h3-8,11-13,19-20,30H,1-2,9-10,24H2,(H2,25,31)(H2,26,27,28,29). The molecule has 0 saturated heterocycles. The summed E-state index contributed by atoms with van der Waals surface area (Å²) in [5.74, 6) is 0.299. The number of hydrogen-bond acceptors (Lipinski definition) is 7. The average Bonchev–Trinajstić information content (AvgIpc) is 2.75. The van der Waals surface area contributed by atoms with Crippen molar-refractivity contribution in [1.82, 2.24) is 9.97 Å². The Morgan fingerprint density at radius 1 is 1.06 bits per heavy atom. The molecule has 8 heteroatoms. The van der Waals surface area contributed by atoms with E-state index in [2.05, 4.69) is 20.6 Å². The Morgan fingerprint density at radius 3 is 2.55 bits per heavy atom. The van der Waals surface area contributed by atoms with Crippen LogP contribution in [0.15, 0.2) is 54.7 Å². The Morgan fingerprint density at radius 2 is 1.81 bits per heavy atom. The minimum absolute atomic E-state index is 0.0449. The Hall–Kier alpha value is -3.65. The number of benzene rings is 2. The number of amides is 1. The molecule has 1 saturated carbocycles. The smallest absolute Gasteiger partial charge is 0.254 e. The molecule has 4 rings (SSSR count). The number of anilines is 3. The zero-order chi connectivity index (χ0) is 21.8. The summed E-state index contributed by atoms with van der Waals surface area (Å²) in [6.45, 7) is 0. The molecule has 1 amide bonds. The summed E-state index contributed by atoms with van der Waals surface area (Å²) >= 11 is 0. The number of phenolic OH excluding ortho intramolecular Hbond substituents is 1. The van der Waals surface area contributed by atoms with Crippen molar-refractivity contribution >= 4 is 23.4 Å². The van der Waals surface area contributed by atoms with Gasteiger partial charge in [0.2, 0.25) is 5.95 Å². The third kappa shape index (κ3) is 4.92. The number of nitrogens with zero attached hydrogens (tertiary/aromatic N) is 2. The molecule has 1 aliphatic carbocycles. The van der Waals surface area contributed by atoms with Crippen LogP contribution in [0.1, 0.15) is 36.0 Å². The van der Waals surface area contributed by atoms with Gasteiger partial charge in [-0.1, -0.05) is 37.1 Å². The van der Waals surface area contributed by atoms with Crippen molar-refractivity contribution < 1.29 is 9.90 Å². The van der Waals surface area contributed by atoms with Crippen LogP contribution in [0.3, 0.4) is 0 Å². The lowest BCUT2D eigenvalue weighted by Crippen LogP contribution is -2.43. The second-order valence-electron chi connectivity index (χ2n) is 7.78. The Bertz CT molecular complexity index is 1090. The highest BCUT2D eigenvalue weighted by atomic mass is 16.3. The van der Waals surface area contributed by atoms with Crippen molar-refractivity contribution in [2.24, 2.45) is 11.5 Å². The first-order chi connectivity index (χ1) is 15.0. The van der Waals surface area contributed by atoms with E-state index in [0.29, 0.717) is 11.8 Å². The molecule has 8 nitrogen and oxygen atoms in total. The van der Waals surface area contributed by atoms with E-state index in [1.807, 2.05) is 30.3 Å². The third-order valence-corrected chi connectivity index (χ3v) is 5.49. The lowest BCUT2D eigenvalue weighted by Gasteiger charge is -2.29. The molecule has 1 aromatic heterocycles. The van der Waals surface area contributed by atoms with Gasteiger partial charge >= 0.3 is 0 Å². The molecule has 1 aliphatic rings. The molecule has 0 aliphatic heterocycles. The quantitative estimate of drug-likeness (QED) is 0.413. The van der Waals surface area contributed by atoms with Crippen molar-refractivity contribution in [3.63, 3.8) is 0 Å². The van der Waals surface area contributed by atoms with Crippen molar-refractivity contribution in [1.29, 1.82) is 0 Å². The van der Waals surface area contributed by atoms with Gasteiger partial charge in [-0.3, -0.25) is 4.79 Å². The summed E-state index contributed by atoms with van der Waals surface area (Å²) < 4.78 is 0. The topological polar surface area (TPSA) is 139 Å². The molecule has 1 fully saturated rings. The monoisotopic (exact) mass is 418 g/mol. The Kier molecular flexibility index (Phi) is 5.99. The van der Waals surface area contributed by atoms with Crippen molar-refractivity contribution in [3.05, 3.63) is 60.3 Å². The van der Waals surface area contributed by atoms with Crippen LogP contribution in [-0.2, 0) is 0 Å². The van der Waals surface area contributed by atoms with Crippen LogP contribution in [0.4, 0.5) is 17.5 Å². The number of rotatable bonds is 6. The van der Waals surface area contributed by atoms with Gasteiger partial charge in [-0.05, 0) is 48.2 Å². The number of hydrogen-bond donors (Lipinski definition) is 5. The van der Waals surface area contributed by atoms with Gasteiger partial charge in [0.1, 0.15) is 17.1 Å². The van der Waals surface area contributed by atoms with E-state index in [9.17, 15) is 9.90 Å². The second-order valence-corrected chi connectivity index (χ2v) is 7.78. The number of aromatic hydroxyl groups is 1. The normalized spacial score (nSPS) is 18.4. The van der Waals surface area contributed by atoms with E-state index in [1.54, 1.807) is 18.2 Å². The van der Waals surface area contributed by atoms with Gasteiger partial charge in [0, 0.05) is 24.0 Å². The number of carbonyl (C=O) groups excluding carboxylic acids is 1. The molecule has 7 N–H and O–H groups in total. The highest BCUT2D eigenvalue weighted by Crippen LogP contribution is 2.28. The second kappa shape index (κ2) is 9.01. The summed E-state index contributed by atoms with van der Waals surface area (Å²) in [7, 11) is 0. The highest BCUT2D eigenvalue weighted by Gasteiger charge is 2.23. The van der Waals surface area contributed by atoms with Gasteiger partial charge in [-0.15, -0.1) is 0 Å². The van der Waals surface area contributed by atoms with E-state index in [0.717, 1.165) is 42.5 Å². The summed E-state index contributed by atoms with van der Waals surface area (Å²) in [6, 6.07) is 14.7. The van der Waals surface area contributed by atoms with Gasteiger partial charge < -0.3 is 27.2 Å². The molecule has 3 aromatic rings. The first-order valence-corrected chi connectivity index (χ1v) is 10.3. The number of nitrogens with two attached hydrogens (primary N) is 2. The highest BCUT2D eigenvalue weighted by molar-refractivity contribution is 5.98. The molecule has 1 heterocycles. The SMILES string of the molecule is NC(=O)c1cnc(NC2CCCCC2N)nc1Nc1cccc(-c2cccc(O)c2)c1. The molecule has 2 unspecified atom stereocenters. The molecule has 31 heavy (non-hydrogen) atoms. The molecule has 0 spiro atoms. The molecule has 2 atom stereocenters. The minimum atomic E-state index is -0.618.